The summed E-state index contributed by atoms with van der Waals surface area (Å²) in [5, 5.41) is 12.3. The number of aryl methyl sites for hydroxylation is 1. The first-order chi connectivity index (χ1) is 35.4. The third kappa shape index (κ3) is 7.54. The van der Waals surface area contributed by atoms with Crippen LogP contribution in [0.5, 0.6) is 0 Å². The summed E-state index contributed by atoms with van der Waals surface area (Å²) in [7, 11) is 0. The van der Waals surface area contributed by atoms with E-state index in [0.717, 1.165) is 46.2 Å². The number of allylic oxidation sites excluding steroid dienone is 7. The molecule has 2 nitrogen and oxygen atoms in total. The SMILES string of the molecule is C/C=C\C(=C\C/C=C(\C)c1c2ccccc2c(-c2ccc3ccccc3c2)c2nc3ccc(-c4ccc5c(-c6cccc(C)c6/C=C\C)c6ccccc6c(-c6cccc7ccccc67)c5c4)cn3c12)CC. The fourth-order valence-corrected chi connectivity index (χ4v) is 11.5. The maximum absolute atomic E-state index is 5.60. The third-order valence-corrected chi connectivity index (χ3v) is 14.9. The van der Waals surface area contributed by atoms with E-state index < -0.39 is 0 Å². The van der Waals surface area contributed by atoms with Crippen LogP contribution in [0.3, 0.4) is 0 Å². The van der Waals surface area contributed by atoms with E-state index in [1.165, 1.54) is 110 Å². The van der Waals surface area contributed by atoms with E-state index in [1.807, 2.05) is 0 Å². The Morgan fingerprint density at radius 1 is 0.514 bits per heavy atom. The zero-order valence-corrected chi connectivity index (χ0v) is 41.7. The molecule has 12 rings (SSSR count). The Labute approximate surface area is 422 Å². The summed E-state index contributed by atoms with van der Waals surface area (Å²) in [5.74, 6) is 0. The van der Waals surface area contributed by atoms with E-state index in [4.69, 9.17) is 4.98 Å². The predicted molar refractivity (Wildman–Crippen MR) is 313 cm³/mol. The number of hydrogen-bond donors (Lipinski definition) is 0. The maximum Gasteiger partial charge on any atom is 0.137 e. The topological polar surface area (TPSA) is 17.3 Å². The highest BCUT2D eigenvalue weighted by molar-refractivity contribution is 6.25. The summed E-state index contributed by atoms with van der Waals surface area (Å²) in [6.07, 6.45) is 17.7. The Balaban J connectivity index is 1.16. The van der Waals surface area contributed by atoms with Gasteiger partial charge in [-0.05, 0) is 174 Å². The highest BCUT2D eigenvalue weighted by Gasteiger charge is 2.24. The van der Waals surface area contributed by atoms with Crippen molar-refractivity contribution in [2.45, 2.75) is 47.5 Å². The lowest BCUT2D eigenvalue weighted by molar-refractivity contribution is 1.12. The number of nitrogens with zero attached hydrogens (tertiary/aromatic N) is 2. The smallest absolute Gasteiger partial charge is 0.137 e. The van der Waals surface area contributed by atoms with Crippen molar-refractivity contribution in [1.29, 1.82) is 0 Å². The van der Waals surface area contributed by atoms with Crippen LogP contribution in [0.4, 0.5) is 0 Å². The minimum Gasteiger partial charge on any atom is -0.298 e. The van der Waals surface area contributed by atoms with Gasteiger partial charge in [-0.3, -0.25) is 4.40 Å². The van der Waals surface area contributed by atoms with Crippen LogP contribution in [-0.2, 0) is 0 Å². The van der Waals surface area contributed by atoms with Crippen LogP contribution < -0.4 is 0 Å². The van der Waals surface area contributed by atoms with Gasteiger partial charge in [0.05, 0.1) is 11.0 Å². The van der Waals surface area contributed by atoms with Crippen molar-refractivity contribution >= 4 is 82.2 Å². The van der Waals surface area contributed by atoms with Crippen molar-refractivity contribution in [3.05, 3.63) is 241 Å². The molecule has 2 aromatic heterocycles. The molecule has 0 aliphatic carbocycles. The molecule has 2 heterocycles. The number of pyridine rings is 1. The van der Waals surface area contributed by atoms with Crippen molar-refractivity contribution in [2.24, 2.45) is 0 Å². The van der Waals surface area contributed by atoms with Gasteiger partial charge in [0, 0.05) is 17.3 Å². The standard InChI is InChI=1S/C70H56N2/c1-6-20-47(8-3)24-17-23-46(5)65-58-30-13-14-31-59(58)66(52-37-36-48-25-9-10-27-50(48)42-52)69-70(65)72-44-53(39-41-64(72)71-69)51-38-40-62-63(43-51)68(57-35-19-28-49-26-11-12-29-55(49)57)61-33-16-15-32-60(61)67(62)56-34-18-22-45(4)54(56)21-7-2/h6-7,9-16,18-44H,8,17H2,1-5H3/b20-6-,21-7-,46-23+,47-24+. The lowest BCUT2D eigenvalue weighted by Gasteiger charge is -2.21. The summed E-state index contributed by atoms with van der Waals surface area (Å²) in [4.78, 5) is 5.60. The Bertz CT molecular complexity index is 4260. The highest BCUT2D eigenvalue weighted by atomic mass is 15.0. The largest absolute Gasteiger partial charge is 0.298 e. The number of imidazole rings is 1. The van der Waals surface area contributed by atoms with Gasteiger partial charge in [0.15, 0.2) is 0 Å². The molecule has 0 aliphatic rings. The van der Waals surface area contributed by atoms with Crippen LogP contribution in [0.2, 0.25) is 0 Å². The van der Waals surface area contributed by atoms with Crippen LogP contribution in [0.25, 0.3) is 127 Å². The molecular weight excluding hydrogens is 869 g/mol. The quantitative estimate of drug-likeness (QED) is 0.0987. The average molecular weight is 925 g/mol. The third-order valence-electron chi connectivity index (χ3n) is 14.9. The predicted octanol–water partition coefficient (Wildman–Crippen LogP) is 20.0. The number of fused-ring (bicyclic) bond motifs is 8. The van der Waals surface area contributed by atoms with Crippen molar-refractivity contribution in [1.82, 2.24) is 9.38 Å². The molecule has 0 saturated carbocycles. The Morgan fingerprint density at radius 2 is 1.14 bits per heavy atom. The molecule has 0 bridgehead atoms. The lowest BCUT2D eigenvalue weighted by atomic mass is 9.82. The molecule has 0 fully saturated rings. The van der Waals surface area contributed by atoms with Crippen LogP contribution in [0.15, 0.2) is 224 Å². The first kappa shape index (κ1) is 44.6. The zero-order chi connectivity index (χ0) is 48.9. The zero-order valence-electron chi connectivity index (χ0n) is 41.7. The van der Waals surface area contributed by atoms with Gasteiger partial charge >= 0.3 is 0 Å². The molecule has 72 heavy (non-hydrogen) atoms. The number of benzene rings is 10. The number of aromatic nitrogens is 2. The summed E-state index contributed by atoms with van der Waals surface area (Å²) >= 11 is 0. The van der Waals surface area contributed by atoms with Crippen molar-refractivity contribution < 1.29 is 0 Å². The van der Waals surface area contributed by atoms with Gasteiger partial charge in [0.2, 0.25) is 0 Å². The first-order valence-corrected chi connectivity index (χ1v) is 25.5. The lowest BCUT2D eigenvalue weighted by Crippen LogP contribution is -1.96. The van der Waals surface area contributed by atoms with Crippen molar-refractivity contribution in [2.75, 3.05) is 0 Å². The minimum atomic E-state index is 0.842. The molecule has 0 unspecified atom stereocenters. The van der Waals surface area contributed by atoms with Gasteiger partial charge in [0.25, 0.3) is 0 Å². The van der Waals surface area contributed by atoms with Gasteiger partial charge in [0.1, 0.15) is 5.65 Å². The van der Waals surface area contributed by atoms with Gasteiger partial charge in [-0.25, -0.2) is 4.98 Å². The minimum absolute atomic E-state index is 0.842. The summed E-state index contributed by atoms with van der Waals surface area (Å²) in [6, 6.07) is 67.4. The van der Waals surface area contributed by atoms with Gasteiger partial charge < -0.3 is 0 Å². The molecule has 0 saturated heterocycles. The van der Waals surface area contributed by atoms with Crippen molar-refractivity contribution in [3.8, 4) is 44.5 Å². The van der Waals surface area contributed by atoms with Gasteiger partial charge in [-0.1, -0.05) is 207 Å². The molecule has 0 aliphatic heterocycles. The summed E-state index contributed by atoms with van der Waals surface area (Å²) < 4.78 is 2.37. The fraction of sp³-hybridized carbons (Fsp3) is 0.100. The van der Waals surface area contributed by atoms with E-state index in [0.29, 0.717) is 0 Å². The number of hydrogen-bond acceptors (Lipinski definition) is 1. The molecular formula is C70H56N2. The summed E-state index contributed by atoms with van der Waals surface area (Å²) in [5.41, 5.74) is 18.9. The van der Waals surface area contributed by atoms with Crippen LogP contribution in [0, 0.1) is 6.92 Å². The van der Waals surface area contributed by atoms with Crippen LogP contribution in [-0.4, -0.2) is 9.38 Å². The maximum atomic E-state index is 5.60. The molecule has 346 valence electrons. The molecule has 0 amide bonds. The Morgan fingerprint density at radius 3 is 1.90 bits per heavy atom. The van der Waals surface area contributed by atoms with Crippen LogP contribution >= 0.6 is 0 Å². The van der Waals surface area contributed by atoms with Gasteiger partial charge in [-0.15, -0.1) is 0 Å². The van der Waals surface area contributed by atoms with Crippen molar-refractivity contribution in [3.63, 3.8) is 0 Å². The van der Waals surface area contributed by atoms with E-state index in [9.17, 15) is 0 Å². The molecule has 2 heteroatoms. The second-order valence-electron chi connectivity index (χ2n) is 19.2. The summed E-state index contributed by atoms with van der Waals surface area (Å²) in [6.45, 7) is 10.9. The van der Waals surface area contributed by atoms with E-state index in [2.05, 4.69) is 264 Å². The highest BCUT2D eigenvalue weighted by Crippen LogP contribution is 2.48. The second kappa shape index (κ2) is 18.6. The molecule has 0 radical (unpaired) electrons. The monoisotopic (exact) mass is 924 g/mol. The second-order valence-corrected chi connectivity index (χ2v) is 19.2. The van der Waals surface area contributed by atoms with E-state index in [1.54, 1.807) is 0 Å². The molecule has 0 N–H and O–H groups in total. The molecule has 0 atom stereocenters. The average Bonchev–Trinajstić information content (AvgIpc) is 3.80. The molecule has 12 aromatic rings. The van der Waals surface area contributed by atoms with Gasteiger partial charge in [-0.2, -0.15) is 0 Å². The normalized spacial score (nSPS) is 12.7. The van der Waals surface area contributed by atoms with Crippen LogP contribution in [0.1, 0.15) is 57.2 Å². The number of rotatable bonds is 10. The first-order valence-electron chi connectivity index (χ1n) is 25.5. The molecule has 10 aromatic carbocycles. The molecule has 0 spiro atoms. The van der Waals surface area contributed by atoms with E-state index >= 15 is 0 Å². The Hall–Kier alpha value is -8.59. The fourth-order valence-electron chi connectivity index (χ4n) is 11.5. The Kier molecular flexibility index (Phi) is 11.5. The van der Waals surface area contributed by atoms with E-state index in [-0.39, 0.29) is 0 Å².